The van der Waals surface area contributed by atoms with Crippen LogP contribution in [0.1, 0.15) is 5.56 Å². The van der Waals surface area contributed by atoms with Crippen molar-refractivity contribution in [3.8, 4) is 22.8 Å². The predicted molar refractivity (Wildman–Crippen MR) is 88.4 cm³/mol. The average molecular weight is 343 g/mol. The van der Waals surface area contributed by atoms with E-state index >= 15 is 0 Å². The number of carbonyl (C=O) groups excluding carboxylic acids is 1. The monoisotopic (exact) mass is 342 g/mol. The van der Waals surface area contributed by atoms with E-state index in [4.69, 9.17) is 21.1 Å². The van der Waals surface area contributed by atoms with Gasteiger partial charge in [-0.1, -0.05) is 12.1 Å². The Balaban J connectivity index is 1.84. The highest BCUT2D eigenvalue weighted by Crippen LogP contribution is 2.44. The maximum absolute atomic E-state index is 12.0. The number of hydrogen-bond donors (Lipinski definition) is 1. The number of H-pyrrole nitrogens is 1. The molecule has 1 aliphatic heterocycles. The minimum Gasteiger partial charge on any atom is -0.460 e. The summed E-state index contributed by atoms with van der Waals surface area (Å²) in [7, 11) is 0. The molecule has 0 spiro atoms. The zero-order valence-corrected chi connectivity index (χ0v) is 13.1. The second-order valence-corrected chi connectivity index (χ2v) is 5.57. The Morgan fingerprint density at radius 1 is 1.25 bits per heavy atom. The van der Waals surface area contributed by atoms with E-state index in [0.29, 0.717) is 28.0 Å². The van der Waals surface area contributed by atoms with Crippen molar-refractivity contribution in [2.45, 2.75) is 6.61 Å². The smallest absolute Gasteiger partial charge is 0.321 e. The number of halogens is 1. The molecule has 0 saturated carbocycles. The summed E-state index contributed by atoms with van der Waals surface area (Å²) in [4.78, 5) is 23.2. The Hall–Kier alpha value is -2.86. The number of aromatic nitrogens is 2. The molecule has 2 heterocycles. The summed E-state index contributed by atoms with van der Waals surface area (Å²) in [5.41, 5.74) is 1.87. The third-order valence-corrected chi connectivity index (χ3v) is 4.02. The maximum atomic E-state index is 12.0. The molecular formula is C17H11ClN2O4. The molecule has 7 heteroatoms. The summed E-state index contributed by atoms with van der Waals surface area (Å²) in [5, 5.41) is 7.88. The molecule has 0 fully saturated rings. The molecule has 0 atom stereocenters. The van der Waals surface area contributed by atoms with Crippen molar-refractivity contribution < 1.29 is 14.3 Å². The van der Waals surface area contributed by atoms with E-state index in [2.05, 4.69) is 10.2 Å². The number of fused-ring (bicyclic) bond motifs is 2. The third-order valence-electron chi connectivity index (χ3n) is 3.80. The normalized spacial score (nSPS) is 11.7. The number of nitrogens with zero attached hydrogens (tertiary/aromatic N) is 1. The first-order valence-corrected chi connectivity index (χ1v) is 7.75. The Kier molecular flexibility index (Phi) is 3.46. The number of rotatable bonds is 3. The predicted octanol–water partition coefficient (Wildman–Crippen LogP) is 2.98. The van der Waals surface area contributed by atoms with Crippen LogP contribution in [0.25, 0.3) is 22.0 Å². The first kappa shape index (κ1) is 14.7. The first-order chi connectivity index (χ1) is 11.7. The van der Waals surface area contributed by atoms with Gasteiger partial charge in [0, 0.05) is 5.56 Å². The number of nitrogens with one attached hydrogen (secondary N) is 1. The molecule has 0 bridgehead atoms. The van der Waals surface area contributed by atoms with Gasteiger partial charge in [0.2, 0.25) is 0 Å². The standard InChI is InChI=1S/C17H11ClN2O4/c18-7-14(21)23-8-9-4-5-12-11(6-9)16-15-10(17(22)20-19-16)2-1-3-13(15)24-12/h1-6H,7-8H2,(H,20,22). The highest BCUT2D eigenvalue weighted by Gasteiger charge is 2.23. The lowest BCUT2D eigenvalue weighted by Crippen LogP contribution is -2.12. The quantitative estimate of drug-likeness (QED) is 0.457. The molecular weight excluding hydrogens is 332 g/mol. The molecule has 120 valence electrons. The van der Waals surface area contributed by atoms with Gasteiger partial charge in [-0.3, -0.25) is 9.59 Å². The molecule has 3 aromatic rings. The van der Waals surface area contributed by atoms with Gasteiger partial charge in [0.05, 0.1) is 10.8 Å². The second-order valence-electron chi connectivity index (χ2n) is 5.31. The van der Waals surface area contributed by atoms with Gasteiger partial charge >= 0.3 is 5.97 Å². The van der Waals surface area contributed by atoms with Crippen LogP contribution < -0.4 is 10.3 Å². The van der Waals surface area contributed by atoms with E-state index in [1.54, 1.807) is 30.3 Å². The van der Waals surface area contributed by atoms with Gasteiger partial charge in [-0.25, -0.2) is 5.10 Å². The molecule has 4 rings (SSSR count). The summed E-state index contributed by atoms with van der Waals surface area (Å²) < 4.78 is 10.9. The summed E-state index contributed by atoms with van der Waals surface area (Å²) in [5.74, 6) is 0.543. The van der Waals surface area contributed by atoms with Crippen LogP contribution in [0, 0.1) is 0 Å². The van der Waals surface area contributed by atoms with E-state index in [1.165, 1.54) is 0 Å². The third kappa shape index (κ3) is 2.32. The lowest BCUT2D eigenvalue weighted by Gasteiger charge is -2.20. The number of ether oxygens (including phenoxy) is 2. The lowest BCUT2D eigenvalue weighted by atomic mass is 9.99. The second kappa shape index (κ2) is 5.65. The van der Waals surface area contributed by atoms with E-state index in [-0.39, 0.29) is 18.0 Å². The number of hydrogen-bond acceptors (Lipinski definition) is 5. The molecule has 6 nitrogen and oxygen atoms in total. The van der Waals surface area contributed by atoms with Gasteiger partial charge in [0.1, 0.15) is 29.7 Å². The van der Waals surface area contributed by atoms with E-state index in [1.807, 2.05) is 6.07 Å². The van der Waals surface area contributed by atoms with Gasteiger partial charge in [-0.2, -0.15) is 5.10 Å². The van der Waals surface area contributed by atoms with Crippen LogP contribution in [0.3, 0.4) is 0 Å². The van der Waals surface area contributed by atoms with Gasteiger partial charge in [0.25, 0.3) is 5.56 Å². The molecule has 1 N–H and O–H groups in total. The molecule has 1 aromatic heterocycles. The SMILES string of the molecule is O=C(CCl)OCc1ccc2c(c1)-c1n[nH]c(=O)c3cccc(c13)O2. The summed E-state index contributed by atoms with van der Waals surface area (Å²) in [6, 6.07) is 10.7. The molecule has 24 heavy (non-hydrogen) atoms. The van der Waals surface area contributed by atoms with Crippen LogP contribution >= 0.6 is 11.6 Å². The molecule has 0 saturated heterocycles. The molecule has 2 aromatic carbocycles. The van der Waals surface area contributed by atoms with Crippen molar-refractivity contribution in [1.82, 2.24) is 10.2 Å². The maximum Gasteiger partial charge on any atom is 0.321 e. The van der Waals surface area contributed by atoms with Crippen molar-refractivity contribution >= 4 is 28.3 Å². The Morgan fingerprint density at radius 3 is 2.96 bits per heavy atom. The largest absolute Gasteiger partial charge is 0.460 e. The number of carbonyl (C=O) groups is 1. The van der Waals surface area contributed by atoms with Crippen LogP contribution in [-0.4, -0.2) is 22.0 Å². The van der Waals surface area contributed by atoms with Crippen molar-refractivity contribution in [2.24, 2.45) is 0 Å². The van der Waals surface area contributed by atoms with E-state index < -0.39 is 5.97 Å². The molecule has 0 amide bonds. The zero-order chi connectivity index (χ0) is 16.7. The Morgan fingerprint density at radius 2 is 2.12 bits per heavy atom. The highest BCUT2D eigenvalue weighted by atomic mass is 35.5. The Bertz CT molecular complexity index is 1030. The minimum absolute atomic E-state index is 0.104. The fourth-order valence-corrected chi connectivity index (χ4v) is 2.81. The average Bonchev–Trinajstić information content (AvgIpc) is 2.62. The van der Waals surface area contributed by atoms with Gasteiger partial charge in [-0.05, 0) is 29.8 Å². The van der Waals surface area contributed by atoms with Crippen LogP contribution in [0.4, 0.5) is 0 Å². The van der Waals surface area contributed by atoms with Crippen LogP contribution in [0.2, 0.25) is 0 Å². The molecule has 0 aliphatic carbocycles. The number of benzene rings is 2. The summed E-state index contributed by atoms with van der Waals surface area (Å²) in [6.07, 6.45) is 0. The van der Waals surface area contributed by atoms with Crippen molar-refractivity contribution in [3.05, 3.63) is 52.3 Å². The summed E-state index contributed by atoms with van der Waals surface area (Å²) >= 11 is 5.42. The summed E-state index contributed by atoms with van der Waals surface area (Å²) in [6.45, 7) is 0.104. The van der Waals surface area contributed by atoms with Gasteiger partial charge in [0.15, 0.2) is 0 Å². The minimum atomic E-state index is -0.486. The molecule has 1 aliphatic rings. The van der Waals surface area contributed by atoms with E-state index in [9.17, 15) is 9.59 Å². The lowest BCUT2D eigenvalue weighted by molar-refractivity contribution is -0.141. The molecule has 0 unspecified atom stereocenters. The number of alkyl halides is 1. The van der Waals surface area contributed by atoms with Crippen LogP contribution in [-0.2, 0) is 16.1 Å². The number of aromatic amines is 1. The van der Waals surface area contributed by atoms with Crippen molar-refractivity contribution in [3.63, 3.8) is 0 Å². The molecule has 0 radical (unpaired) electrons. The number of esters is 1. The van der Waals surface area contributed by atoms with E-state index in [0.717, 1.165) is 11.1 Å². The highest BCUT2D eigenvalue weighted by molar-refractivity contribution is 6.26. The van der Waals surface area contributed by atoms with Crippen molar-refractivity contribution in [2.75, 3.05) is 5.88 Å². The zero-order valence-electron chi connectivity index (χ0n) is 12.3. The van der Waals surface area contributed by atoms with Gasteiger partial charge < -0.3 is 9.47 Å². The van der Waals surface area contributed by atoms with Crippen molar-refractivity contribution in [1.29, 1.82) is 0 Å². The fraction of sp³-hybridized carbons (Fsp3) is 0.118. The topological polar surface area (TPSA) is 81.3 Å². The van der Waals surface area contributed by atoms with Crippen LogP contribution in [0.15, 0.2) is 41.2 Å². The van der Waals surface area contributed by atoms with Gasteiger partial charge in [-0.15, -0.1) is 11.6 Å². The van der Waals surface area contributed by atoms with Crippen LogP contribution in [0.5, 0.6) is 11.5 Å². The fourth-order valence-electron chi connectivity index (χ4n) is 2.73. The Labute approximate surface area is 141 Å². The first-order valence-electron chi connectivity index (χ1n) is 7.21.